The average Bonchev–Trinajstić information content (AvgIpc) is 3.35. The van der Waals surface area contributed by atoms with Gasteiger partial charge in [0.25, 0.3) is 0 Å². The minimum absolute atomic E-state index is 0.0205. The minimum atomic E-state index is -0.230. The van der Waals surface area contributed by atoms with E-state index in [0.29, 0.717) is 17.2 Å². The largest absolute Gasteiger partial charge is 0.349 e. The lowest BCUT2D eigenvalue weighted by Gasteiger charge is -2.20. The fraction of sp³-hybridized carbons (Fsp3) is 0.115. The molecule has 3 aromatic carbocycles. The van der Waals surface area contributed by atoms with Crippen LogP contribution in [0.3, 0.4) is 0 Å². The normalized spacial score (nSPS) is 12.1. The Hall–Kier alpha value is -4.19. The van der Waals surface area contributed by atoms with Crippen molar-refractivity contribution in [3.63, 3.8) is 0 Å². The summed E-state index contributed by atoms with van der Waals surface area (Å²) in [5.41, 5.74) is 2.47. The van der Waals surface area contributed by atoms with Crippen molar-refractivity contribution >= 4 is 27.7 Å². The maximum absolute atomic E-state index is 13.3. The number of fused-ring (bicyclic) bond motifs is 2. The third-order valence-corrected chi connectivity index (χ3v) is 5.67. The molecule has 5 aromatic rings. The Morgan fingerprint density at radius 1 is 0.906 bits per heavy atom. The number of rotatable bonds is 6. The zero-order valence-electron chi connectivity index (χ0n) is 17.4. The molecule has 2 aromatic heterocycles. The molecule has 1 unspecified atom stereocenters. The van der Waals surface area contributed by atoms with Gasteiger partial charge in [-0.3, -0.25) is 9.59 Å². The first-order valence-electron chi connectivity index (χ1n) is 10.5. The number of nitrogens with zero attached hydrogens (tertiary/aromatic N) is 2. The zero-order chi connectivity index (χ0) is 21.9. The molecule has 0 saturated carbocycles. The van der Waals surface area contributed by atoms with Crippen LogP contribution in [0.1, 0.15) is 17.4 Å². The van der Waals surface area contributed by atoms with Crippen molar-refractivity contribution in [1.29, 1.82) is 0 Å². The highest BCUT2D eigenvalue weighted by Crippen LogP contribution is 2.20. The number of aromatic nitrogens is 3. The van der Waals surface area contributed by atoms with Gasteiger partial charge in [0.1, 0.15) is 12.4 Å². The molecular weight excluding hydrogens is 400 g/mol. The van der Waals surface area contributed by atoms with Crippen molar-refractivity contribution in [2.75, 3.05) is 0 Å². The molecule has 0 bridgehead atoms. The van der Waals surface area contributed by atoms with E-state index in [4.69, 9.17) is 0 Å². The van der Waals surface area contributed by atoms with Gasteiger partial charge in [-0.15, -0.1) is 0 Å². The topological polar surface area (TPSA) is 79.8 Å². The fourth-order valence-electron chi connectivity index (χ4n) is 4.17. The standard InChI is InChI=1S/C26H22N4O2/c31-25(29-21(16-24-27-14-15-28-24)18-8-2-1-3-9-18)17-30-22-12-6-4-10-19(22)26(32)20-11-5-7-13-23(20)30/h1-15,21H,16-17H2,(H,27,28)(H,29,31). The highest BCUT2D eigenvalue weighted by molar-refractivity contribution is 5.94. The van der Waals surface area contributed by atoms with Crippen LogP contribution in [0.25, 0.3) is 21.8 Å². The van der Waals surface area contributed by atoms with Crippen molar-refractivity contribution in [2.24, 2.45) is 0 Å². The lowest BCUT2D eigenvalue weighted by atomic mass is 10.0. The maximum Gasteiger partial charge on any atom is 0.240 e. The Labute approximate surface area is 184 Å². The van der Waals surface area contributed by atoms with Crippen LogP contribution in [0, 0.1) is 0 Å². The molecule has 0 spiro atoms. The van der Waals surface area contributed by atoms with Crippen LogP contribution in [-0.4, -0.2) is 20.4 Å². The molecule has 0 aliphatic rings. The van der Waals surface area contributed by atoms with Gasteiger partial charge in [-0.1, -0.05) is 54.6 Å². The number of hydrogen-bond acceptors (Lipinski definition) is 3. The lowest BCUT2D eigenvalue weighted by Crippen LogP contribution is -2.33. The van der Waals surface area contributed by atoms with Crippen molar-refractivity contribution < 1.29 is 4.79 Å². The molecule has 6 heteroatoms. The highest BCUT2D eigenvalue weighted by Gasteiger charge is 2.18. The van der Waals surface area contributed by atoms with Crippen LogP contribution in [-0.2, 0) is 17.8 Å². The number of H-pyrrole nitrogens is 1. The summed E-state index contributed by atoms with van der Waals surface area (Å²) in [6.45, 7) is 0.1000. The number of amides is 1. The van der Waals surface area contributed by atoms with E-state index in [0.717, 1.165) is 22.4 Å². The van der Waals surface area contributed by atoms with Crippen LogP contribution in [0.5, 0.6) is 0 Å². The second kappa shape index (κ2) is 8.51. The minimum Gasteiger partial charge on any atom is -0.349 e. The van der Waals surface area contributed by atoms with Gasteiger partial charge in [0, 0.05) is 29.6 Å². The summed E-state index contributed by atoms with van der Waals surface area (Å²) in [5.74, 6) is 0.669. The Bertz CT molecular complexity index is 1380. The SMILES string of the molecule is O=C(Cn1c2ccccc2c(=O)c2ccccc21)NC(Cc1ncc[nH]1)c1ccccc1. The Balaban J connectivity index is 1.51. The number of carbonyl (C=O) groups is 1. The number of pyridine rings is 1. The van der Waals surface area contributed by atoms with E-state index >= 15 is 0 Å². The summed E-state index contributed by atoms with van der Waals surface area (Å²) >= 11 is 0. The van der Waals surface area contributed by atoms with Crippen molar-refractivity contribution in [3.05, 3.63) is 113 Å². The van der Waals surface area contributed by atoms with Crippen LogP contribution < -0.4 is 10.7 Å². The van der Waals surface area contributed by atoms with Gasteiger partial charge in [-0.05, 0) is 29.8 Å². The molecule has 5 rings (SSSR count). The van der Waals surface area contributed by atoms with Crippen molar-refractivity contribution in [1.82, 2.24) is 19.9 Å². The van der Waals surface area contributed by atoms with E-state index in [1.165, 1.54) is 0 Å². The van der Waals surface area contributed by atoms with Crippen molar-refractivity contribution in [3.8, 4) is 0 Å². The van der Waals surface area contributed by atoms with Gasteiger partial charge in [0.2, 0.25) is 5.91 Å². The first-order chi connectivity index (χ1) is 15.7. The summed E-state index contributed by atoms with van der Waals surface area (Å²) in [6.07, 6.45) is 4.03. The van der Waals surface area contributed by atoms with E-state index in [-0.39, 0.29) is 23.9 Å². The third kappa shape index (κ3) is 3.78. The predicted octanol–water partition coefficient (Wildman–Crippen LogP) is 3.98. The predicted molar refractivity (Wildman–Crippen MR) is 125 cm³/mol. The molecule has 1 atom stereocenters. The van der Waals surface area contributed by atoms with Crippen LogP contribution >= 0.6 is 0 Å². The van der Waals surface area contributed by atoms with Crippen LogP contribution in [0.4, 0.5) is 0 Å². The van der Waals surface area contributed by atoms with E-state index in [2.05, 4.69) is 15.3 Å². The number of imidazole rings is 1. The molecule has 0 aliphatic carbocycles. The Kier molecular flexibility index (Phi) is 5.25. The molecular formula is C26H22N4O2. The molecule has 32 heavy (non-hydrogen) atoms. The number of para-hydroxylation sites is 2. The smallest absolute Gasteiger partial charge is 0.240 e. The summed E-state index contributed by atoms with van der Waals surface area (Å²) in [4.78, 5) is 33.6. The molecule has 2 heterocycles. The Morgan fingerprint density at radius 2 is 1.53 bits per heavy atom. The second-order valence-corrected chi connectivity index (χ2v) is 7.72. The number of carbonyl (C=O) groups excluding carboxylic acids is 1. The number of nitrogens with one attached hydrogen (secondary N) is 2. The van der Waals surface area contributed by atoms with Gasteiger partial charge in [-0.25, -0.2) is 4.98 Å². The molecule has 1 amide bonds. The summed E-state index contributed by atoms with van der Waals surface area (Å²) < 4.78 is 1.91. The van der Waals surface area contributed by atoms with Crippen LogP contribution in [0.2, 0.25) is 0 Å². The molecule has 0 saturated heterocycles. The zero-order valence-corrected chi connectivity index (χ0v) is 17.4. The molecule has 0 radical (unpaired) electrons. The lowest BCUT2D eigenvalue weighted by molar-refractivity contribution is -0.122. The van der Waals surface area contributed by atoms with Gasteiger partial charge < -0.3 is 14.9 Å². The van der Waals surface area contributed by atoms with Gasteiger partial charge >= 0.3 is 0 Å². The quantitative estimate of drug-likeness (QED) is 0.406. The third-order valence-electron chi connectivity index (χ3n) is 5.67. The monoisotopic (exact) mass is 422 g/mol. The molecule has 0 aliphatic heterocycles. The average molecular weight is 422 g/mol. The van der Waals surface area contributed by atoms with Gasteiger partial charge in [-0.2, -0.15) is 0 Å². The number of benzene rings is 3. The van der Waals surface area contributed by atoms with Gasteiger partial charge in [0.05, 0.1) is 17.1 Å². The fourth-order valence-corrected chi connectivity index (χ4v) is 4.17. The van der Waals surface area contributed by atoms with Crippen LogP contribution in [0.15, 0.2) is 96.1 Å². The van der Waals surface area contributed by atoms with E-state index < -0.39 is 0 Å². The molecule has 0 fully saturated rings. The highest BCUT2D eigenvalue weighted by atomic mass is 16.2. The van der Waals surface area contributed by atoms with E-state index in [9.17, 15) is 9.59 Å². The van der Waals surface area contributed by atoms with E-state index in [1.54, 1.807) is 12.4 Å². The first-order valence-corrected chi connectivity index (χ1v) is 10.5. The summed E-state index contributed by atoms with van der Waals surface area (Å²) in [7, 11) is 0. The summed E-state index contributed by atoms with van der Waals surface area (Å²) in [5, 5.41) is 4.38. The van der Waals surface area contributed by atoms with E-state index in [1.807, 2.05) is 83.4 Å². The Morgan fingerprint density at radius 3 is 2.16 bits per heavy atom. The van der Waals surface area contributed by atoms with Crippen molar-refractivity contribution in [2.45, 2.75) is 19.0 Å². The maximum atomic E-state index is 13.3. The second-order valence-electron chi connectivity index (χ2n) is 7.72. The first kappa shape index (κ1) is 19.8. The summed E-state index contributed by atoms with van der Waals surface area (Å²) in [6, 6.07) is 24.5. The number of aromatic amines is 1. The van der Waals surface area contributed by atoms with Gasteiger partial charge in [0.15, 0.2) is 5.43 Å². The molecule has 2 N–H and O–H groups in total. The number of hydrogen-bond donors (Lipinski definition) is 2. The molecule has 6 nitrogen and oxygen atoms in total. The molecule has 158 valence electrons.